The van der Waals surface area contributed by atoms with Gasteiger partial charge in [-0.25, -0.2) is 0 Å². The van der Waals surface area contributed by atoms with Gasteiger partial charge in [0.2, 0.25) is 0 Å². The van der Waals surface area contributed by atoms with E-state index in [4.69, 9.17) is 0 Å². The lowest BCUT2D eigenvalue weighted by molar-refractivity contribution is 0.222. The van der Waals surface area contributed by atoms with Crippen LogP contribution in [0.3, 0.4) is 0 Å². The van der Waals surface area contributed by atoms with E-state index in [1.54, 1.807) is 0 Å². The van der Waals surface area contributed by atoms with Crippen LogP contribution in [0.1, 0.15) is 43.2 Å². The van der Waals surface area contributed by atoms with E-state index >= 15 is 0 Å². The highest BCUT2D eigenvalue weighted by Crippen LogP contribution is 2.36. The summed E-state index contributed by atoms with van der Waals surface area (Å²) in [7, 11) is 0. The molecule has 0 N–H and O–H groups in total. The third-order valence-corrected chi connectivity index (χ3v) is 5.20. The Bertz CT molecular complexity index is 612. The molecule has 0 unspecified atom stereocenters. The number of hydrogen-bond acceptors (Lipinski definition) is 2. The summed E-state index contributed by atoms with van der Waals surface area (Å²) >= 11 is 0. The monoisotopic (exact) mass is 318 g/mol. The summed E-state index contributed by atoms with van der Waals surface area (Å²) in [6.07, 6.45) is 5.93. The number of hydrogen-bond donors (Lipinski definition) is 0. The van der Waals surface area contributed by atoms with E-state index in [0.717, 1.165) is 30.5 Å². The Labute approximate surface area is 145 Å². The second-order valence-corrected chi connectivity index (χ2v) is 6.76. The SMILES string of the molecule is N#CC(CCCN1CCCCC1)(c1ccccc1)c1ccccc1. The summed E-state index contributed by atoms with van der Waals surface area (Å²) in [5.74, 6) is 0. The van der Waals surface area contributed by atoms with Gasteiger partial charge in [0, 0.05) is 0 Å². The van der Waals surface area contributed by atoms with Crippen molar-refractivity contribution in [2.75, 3.05) is 19.6 Å². The smallest absolute Gasteiger partial charge is 0.107 e. The van der Waals surface area contributed by atoms with Crippen LogP contribution in [0.5, 0.6) is 0 Å². The van der Waals surface area contributed by atoms with Crippen molar-refractivity contribution in [3.63, 3.8) is 0 Å². The minimum Gasteiger partial charge on any atom is -0.303 e. The van der Waals surface area contributed by atoms with Crippen LogP contribution in [-0.2, 0) is 5.41 Å². The lowest BCUT2D eigenvalue weighted by Gasteiger charge is -2.31. The molecule has 1 heterocycles. The molecule has 0 aliphatic carbocycles. The van der Waals surface area contributed by atoms with E-state index in [-0.39, 0.29) is 0 Å². The number of nitriles is 1. The molecular formula is C22H26N2. The molecule has 3 rings (SSSR count). The van der Waals surface area contributed by atoms with E-state index in [1.807, 2.05) is 36.4 Å². The highest BCUT2D eigenvalue weighted by atomic mass is 15.1. The van der Waals surface area contributed by atoms with Gasteiger partial charge in [-0.15, -0.1) is 0 Å². The van der Waals surface area contributed by atoms with Gasteiger partial charge in [-0.1, -0.05) is 67.1 Å². The zero-order valence-electron chi connectivity index (χ0n) is 14.3. The quantitative estimate of drug-likeness (QED) is 0.767. The van der Waals surface area contributed by atoms with Crippen molar-refractivity contribution in [3.8, 4) is 6.07 Å². The Morgan fingerprint density at radius 3 is 1.88 bits per heavy atom. The maximum atomic E-state index is 10.2. The molecule has 0 spiro atoms. The van der Waals surface area contributed by atoms with Gasteiger partial charge in [0.05, 0.1) is 6.07 Å². The van der Waals surface area contributed by atoms with Crippen molar-refractivity contribution in [3.05, 3.63) is 71.8 Å². The predicted molar refractivity (Wildman–Crippen MR) is 98.8 cm³/mol. The van der Waals surface area contributed by atoms with Gasteiger partial charge in [0.1, 0.15) is 5.41 Å². The largest absolute Gasteiger partial charge is 0.303 e. The molecular weight excluding hydrogens is 292 g/mol. The third kappa shape index (κ3) is 3.68. The molecule has 1 fully saturated rings. The molecule has 0 bridgehead atoms. The van der Waals surface area contributed by atoms with E-state index in [9.17, 15) is 5.26 Å². The molecule has 24 heavy (non-hydrogen) atoms. The van der Waals surface area contributed by atoms with Crippen LogP contribution in [0.25, 0.3) is 0 Å². The Morgan fingerprint density at radius 2 is 1.38 bits per heavy atom. The van der Waals surface area contributed by atoms with E-state index in [1.165, 1.54) is 32.4 Å². The fraction of sp³-hybridized carbons (Fsp3) is 0.409. The van der Waals surface area contributed by atoms with Crippen molar-refractivity contribution >= 4 is 0 Å². The Morgan fingerprint density at radius 1 is 0.833 bits per heavy atom. The Kier molecular flexibility index (Phi) is 5.67. The first-order valence-corrected chi connectivity index (χ1v) is 9.10. The number of nitrogens with zero attached hydrogens (tertiary/aromatic N) is 2. The number of rotatable bonds is 6. The normalized spacial score (nSPS) is 15.8. The van der Waals surface area contributed by atoms with Gasteiger partial charge in [-0.3, -0.25) is 0 Å². The number of benzene rings is 2. The predicted octanol–water partition coefficient (Wildman–Crippen LogP) is 4.76. The lowest BCUT2D eigenvalue weighted by atomic mass is 9.72. The summed E-state index contributed by atoms with van der Waals surface area (Å²) < 4.78 is 0. The molecule has 2 aromatic rings. The molecule has 2 heteroatoms. The average molecular weight is 318 g/mol. The minimum absolute atomic E-state index is 0.543. The first-order chi connectivity index (χ1) is 11.8. The minimum atomic E-state index is -0.543. The van der Waals surface area contributed by atoms with Crippen LogP contribution in [0.2, 0.25) is 0 Å². The fourth-order valence-corrected chi connectivity index (χ4v) is 3.84. The molecule has 2 aromatic carbocycles. The number of piperidine rings is 1. The molecule has 0 saturated carbocycles. The third-order valence-electron chi connectivity index (χ3n) is 5.20. The van der Waals surface area contributed by atoms with Gasteiger partial charge < -0.3 is 4.90 Å². The molecule has 1 aliphatic heterocycles. The van der Waals surface area contributed by atoms with Crippen molar-refractivity contribution in [2.45, 2.75) is 37.5 Å². The van der Waals surface area contributed by atoms with Crippen LogP contribution in [0.4, 0.5) is 0 Å². The maximum absolute atomic E-state index is 10.2. The number of likely N-dealkylation sites (tertiary alicyclic amines) is 1. The molecule has 1 saturated heterocycles. The van der Waals surface area contributed by atoms with Crippen molar-refractivity contribution in [1.82, 2.24) is 4.90 Å². The standard InChI is InChI=1S/C22H26N2/c23-19-22(20-11-4-1-5-12-20,21-13-6-2-7-14-21)15-10-18-24-16-8-3-9-17-24/h1-2,4-7,11-14H,3,8-10,15-18H2. The molecule has 2 nitrogen and oxygen atoms in total. The van der Waals surface area contributed by atoms with E-state index in [2.05, 4.69) is 35.2 Å². The van der Waals surface area contributed by atoms with Crippen LogP contribution in [-0.4, -0.2) is 24.5 Å². The fourth-order valence-electron chi connectivity index (χ4n) is 3.84. The van der Waals surface area contributed by atoms with Crippen LogP contribution in [0.15, 0.2) is 60.7 Å². The summed E-state index contributed by atoms with van der Waals surface area (Å²) in [4.78, 5) is 2.56. The maximum Gasteiger partial charge on any atom is 0.107 e. The molecule has 1 aliphatic rings. The summed E-state index contributed by atoms with van der Waals surface area (Å²) in [6, 6.07) is 23.2. The second-order valence-electron chi connectivity index (χ2n) is 6.76. The highest BCUT2D eigenvalue weighted by Gasteiger charge is 2.34. The summed E-state index contributed by atoms with van der Waals surface area (Å²) in [6.45, 7) is 3.54. The first kappa shape index (κ1) is 16.7. The van der Waals surface area contributed by atoms with Gasteiger partial charge >= 0.3 is 0 Å². The van der Waals surface area contributed by atoms with Crippen LogP contribution >= 0.6 is 0 Å². The van der Waals surface area contributed by atoms with Crippen LogP contribution in [0, 0.1) is 11.3 Å². The Hall–Kier alpha value is -2.11. The van der Waals surface area contributed by atoms with Crippen LogP contribution < -0.4 is 0 Å². The van der Waals surface area contributed by atoms with Gasteiger partial charge in [-0.05, 0) is 56.4 Å². The van der Waals surface area contributed by atoms with Crippen molar-refractivity contribution in [1.29, 1.82) is 5.26 Å². The average Bonchev–Trinajstić information content (AvgIpc) is 2.68. The van der Waals surface area contributed by atoms with Gasteiger partial charge in [0.15, 0.2) is 0 Å². The molecule has 124 valence electrons. The zero-order valence-corrected chi connectivity index (χ0v) is 14.3. The van der Waals surface area contributed by atoms with E-state index in [0.29, 0.717) is 0 Å². The molecule has 0 aromatic heterocycles. The highest BCUT2D eigenvalue weighted by molar-refractivity contribution is 5.45. The molecule has 0 atom stereocenters. The lowest BCUT2D eigenvalue weighted by Crippen LogP contribution is -2.32. The van der Waals surface area contributed by atoms with Crippen molar-refractivity contribution < 1.29 is 0 Å². The topological polar surface area (TPSA) is 27.0 Å². The Balaban J connectivity index is 1.81. The second kappa shape index (κ2) is 8.13. The summed E-state index contributed by atoms with van der Waals surface area (Å²) in [5.41, 5.74) is 1.67. The summed E-state index contributed by atoms with van der Waals surface area (Å²) in [5, 5.41) is 10.2. The van der Waals surface area contributed by atoms with Crippen molar-refractivity contribution in [2.24, 2.45) is 0 Å². The van der Waals surface area contributed by atoms with Gasteiger partial charge in [-0.2, -0.15) is 5.26 Å². The molecule has 0 radical (unpaired) electrons. The molecule has 0 amide bonds. The first-order valence-electron chi connectivity index (χ1n) is 9.10. The van der Waals surface area contributed by atoms with E-state index < -0.39 is 5.41 Å². The van der Waals surface area contributed by atoms with Gasteiger partial charge in [0.25, 0.3) is 0 Å². The zero-order chi connectivity index (χ0) is 16.7.